The maximum Gasteiger partial charge on any atom is 0.237 e. The van der Waals surface area contributed by atoms with Crippen LogP contribution in [0.25, 0.3) is 0 Å². The molecular weight excluding hydrogens is 307 g/mol. The first-order chi connectivity index (χ1) is 9.28. The Hall–Kier alpha value is -0.793. The first-order valence-corrected chi connectivity index (χ1v) is 11.5. The zero-order chi connectivity index (χ0) is 16.6. The Morgan fingerprint density at radius 1 is 1.29 bits per heavy atom. The van der Waals surface area contributed by atoms with E-state index in [2.05, 4.69) is 9.37 Å². The molecule has 7 heteroatoms. The Kier molecular flexibility index (Phi) is 5.02. The van der Waals surface area contributed by atoms with Crippen molar-refractivity contribution in [3.05, 3.63) is 23.8 Å². The van der Waals surface area contributed by atoms with Crippen molar-refractivity contribution in [3.63, 3.8) is 0 Å². The summed E-state index contributed by atoms with van der Waals surface area (Å²) in [6, 6.07) is 1.33. The highest BCUT2D eigenvalue weighted by Gasteiger charge is 2.40. The average molecular weight is 333 g/mol. The molecule has 1 aromatic heterocycles. The highest BCUT2D eigenvalue weighted by molar-refractivity contribution is 7.91. The van der Waals surface area contributed by atoms with Gasteiger partial charge in [0.15, 0.2) is 5.82 Å². The summed E-state index contributed by atoms with van der Waals surface area (Å²) in [5.74, 6) is -0.780. The van der Waals surface area contributed by atoms with Crippen LogP contribution in [0.1, 0.15) is 46.2 Å². The van der Waals surface area contributed by atoms with Crippen molar-refractivity contribution in [2.45, 2.75) is 63.6 Å². The molecule has 1 aromatic rings. The van der Waals surface area contributed by atoms with Crippen LogP contribution in [0.15, 0.2) is 17.2 Å². The Morgan fingerprint density at radius 2 is 1.81 bits per heavy atom. The lowest BCUT2D eigenvalue weighted by atomic mass is 10.1. The topological polar surface area (TPSA) is 59.1 Å². The molecule has 0 spiro atoms. The van der Waals surface area contributed by atoms with Gasteiger partial charge in [-0.15, -0.1) is 0 Å². The van der Waals surface area contributed by atoms with Gasteiger partial charge in [0.25, 0.3) is 0 Å². The molecule has 0 aromatic carbocycles. The number of nitrogens with one attached hydrogen (secondary N) is 1. The quantitative estimate of drug-likeness (QED) is 0.857. The van der Waals surface area contributed by atoms with Crippen LogP contribution < -0.4 is 4.39 Å². The molecule has 120 valence electrons. The van der Waals surface area contributed by atoms with Crippen LogP contribution in [-0.4, -0.2) is 21.6 Å². The minimum atomic E-state index is -3.89. The standard InChI is InChI=1S/C14H25FN2O2SSi/c1-10(2)12-8-13(11(15)9-16-12)20(18,19)17-21(6,7)14(3,4)5/h8-10,17H,1-7H3. The Labute approximate surface area is 128 Å². The Morgan fingerprint density at radius 3 is 2.24 bits per heavy atom. The summed E-state index contributed by atoms with van der Waals surface area (Å²) < 4.78 is 41.8. The Bertz CT molecular complexity index is 622. The highest BCUT2D eigenvalue weighted by Crippen LogP contribution is 2.35. The number of nitrogens with zero attached hydrogens (tertiary/aromatic N) is 1. The fraction of sp³-hybridized carbons (Fsp3) is 0.643. The lowest BCUT2D eigenvalue weighted by molar-refractivity contribution is 0.556. The van der Waals surface area contributed by atoms with E-state index < -0.39 is 24.1 Å². The largest absolute Gasteiger partial charge is 0.258 e. The molecular formula is C14H25FN2O2SSi. The number of sulfonamides is 1. The van der Waals surface area contributed by atoms with Crippen molar-refractivity contribution < 1.29 is 12.8 Å². The summed E-state index contributed by atoms with van der Waals surface area (Å²) in [6.45, 7) is 13.6. The number of halogens is 1. The van der Waals surface area contributed by atoms with E-state index in [0.717, 1.165) is 6.20 Å². The maximum atomic E-state index is 13.9. The summed E-state index contributed by atoms with van der Waals surface area (Å²) in [5.41, 5.74) is 0.562. The van der Waals surface area contributed by atoms with Crippen LogP contribution >= 0.6 is 0 Å². The van der Waals surface area contributed by atoms with E-state index in [1.807, 2.05) is 47.7 Å². The van der Waals surface area contributed by atoms with Gasteiger partial charge in [-0.05, 0) is 17.0 Å². The van der Waals surface area contributed by atoms with Crippen LogP contribution in [0, 0.1) is 5.82 Å². The predicted molar refractivity (Wildman–Crippen MR) is 85.8 cm³/mol. The van der Waals surface area contributed by atoms with Crippen LogP contribution in [0.2, 0.25) is 18.1 Å². The van der Waals surface area contributed by atoms with Gasteiger partial charge in [-0.1, -0.05) is 47.7 Å². The third-order valence-electron chi connectivity index (χ3n) is 3.99. The number of rotatable bonds is 4. The molecule has 0 radical (unpaired) electrons. The second-order valence-corrected chi connectivity index (χ2v) is 14.2. The molecule has 0 aliphatic rings. The Balaban J connectivity index is 3.29. The zero-order valence-corrected chi connectivity index (χ0v) is 15.6. The molecule has 0 saturated carbocycles. The first kappa shape index (κ1) is 18.3. The number of aromatic nitrogens is 1. The molecule has 21 heavy (non-hydrogen) atoms. The van der Waals surface area contributed by atoms with E-state index in [9.17, 15) is 12.8 Å². The monoisotopic (exact) mass is 332 g/mol. The minimum Gasteiger partial charge on any atom is -0.258 e. The SMILES string of the molecule is CC(C)c1cc(S(=O)(=O)N[Si](C)(C)C(C)(C)C)c(F)cn1. The summed E-state index contributed by atoms with van der Waals surface area (Å²) >= 11 is 0. The minimum absolute atomic E-state index is 0.0346. The molecule has 0 aliphatic carbocycles. The molecule has 0 bridgehead atoms. The third kappa shape index (κ3) is 4.11. The average Bonchev–Trinajstić information content (AvgIpc) is 2.25. The highest BCUT2D eigenvalue weighted by atomic mass is 32.2. The van der Waals surface area contributed by atoms with Gasteiger partial charge in [-0.25, -0.2) is 17.2 Å². The molecule has 0 saturated heterocycles. The van der Waals surface area contributed by atoms with Gasteiger partial charge in [0.05, 0.1) is 6.20 Å². The van der Waals surface area contributed by atoms with E-state index in [1.165, 1.54) is 6.07 Å². The van der Waals surface area contributed by atoms with E-state index in [0.29, 0.717) is 5.69 Å². The maximum absolute atomic E-state index is 13.9. The molecule has 1 N–H and O–H groups in total. The fourth-order valence-corrected chi connectivity index (χ4v) is 6.44. The van der Waals surface area contributed by atoms with E-state index in [4.69, 9.17) is 0 Å². The summed E-state index contributed by atoms with van der Waals surface area (Å²) in [7, 11) is -6.21. The molecule has 0 aliphatic heterocycles. The molecule has 4 nitrogen and oxygen atoms in total. The van der Waals surface area contributed by atoms with Gasteiger partial charge in [0.2, 0.25) is 10.0 Å². The lowest BCUT2D eigenvalue weighted by Crippen LogP contribution is -2.54. The molecule has 0 unspecified atom stereocenters. The number of pyridine rings is 1. The second-order valence-electron chi connectivity index (χ2n) is 7.17. The normalized spacial score (nSPS) is 13.8. The number of hydrogen-bond donors (Lipinski definition) is 1. The number of hydrogen-bond acceptors (Lipinski definition) is 3. The van der Waals surface area contributed by atoms with Gasteiger partial charge in [-0.2, -0.15) is 0 Å². The van der Waals surface area contributed by atoms with Crippen molar-refractivity contribution in [3.8, 4) is 0 Å². The molecule has 0 atom stereocenters. The van der Waals surface area contributed by atoms with Crippen LogP contribution in [-0.2, 0) is 10.0 Å². The van der Waals surface area contributed by atoms with E-state index in [1.54, 1.807) is 0 Å². The molecule has 0 amide bonds. The van der Waals surface area contributed by atoms with Crippen molar-refractivity contribution in [1.82, 2.24) is 9.37 Å². The van der Waals surface area contributed by atoms with Crippen LogP contribution in [0.4, 0.5) is 4.39 Å². The van der Waals surface area contributed by atoms with Gasteiger partial charge in [-0.3, -0.25) is 4.98 Å². The van der Waals surface area contributed by atoms with Crippen LogP contribution in [0.5, 0.6) is 0 Å². The summed E-state index contributed by atoms with van der Waals surface area (Å²) in [4.78, 5) is 3.63. The second kappa shape index (κ2) is 5.77. The molecule has 1 heterocycles. The van der Waals surface area contributed by atoms with Gasteiger partial charge >= 0.3 is 0 Å². The lowest BCUT2D eigenvalue weighted by Gasteiger charge is -2.36. The summed E-state index contributed by atoms with van der Waals surface area (Å²) in [5, 5.41) is -0.176. The van der Waals surface area contributed by atoms with E-state index >= 15 is 0 Å². The third-order valence-corrected chi connectivity index (χ3v) is 11.7. The van der Waals surface area contributed by atoms with Gasteiger partial charge in [0.1, 0.15) is 13.1 Å². The molecule has 0 fully saturated rings. The van der Waals surface area contributed by atoms with Gasteiger partial charge in [0, 0.05) is 5.69 Å². The van der Waals surface area contributed by atoms with Crippen molar-refractivity contribution in [2.24, 2.45) is 0 Å². The van der Waals surface area contributed by atoms with Crippen LogP contribution in [0.3, 0.4) is 0 Å². The summed E-state index contributed by atoms with van der Waals surface area (Å²) in [6.07, 6.45) is 0.982. The zero-order valence-electron chi connectivity index (χ0n) is 13.8. The van der Waals surface area contributed by atoms with Gasteiger partial charge < -0.3 is 0 Å². The van der Waals surface area contributed by atoms with Crippen molar-refractivity contribution in [2.75, 3.05) is 0 Å². The fourth-order valence-electron chi connectivity index (χ4n) is 1.50. The van der Waals surface area contributed by atoms with Crippen molar-refractivity contribution in [1.29, 1.82) is 0 Å². The van der Waals surface area contributed by atoms with Crippen molar-refractivity contribution >= 4 is 18.3 Å². The van der Waals surface area contributed by atoms with E-state index in [-0.39, 0.29) is 15.9 Å². The smallest absolute Gasteiger partial charge is 0.237 e. The first-order valence-electron chi connectivity index (χ1n) is 6.97. The predicted octanol–water partition coefficient (Wildman–Crippen LogP) is 3.63. The molecule has 1 rings (SSSR count).